The lowest BCUT2D eigenvalue weighted by Crippen LogP contribution is -2.38. The van der Waals surface area contributed by atoms with Crippen molar-refractivity contribution in [2.75, 3.05) is 26.2 Å². The first-order chi connectivity index (χ1) is 17.2. The summed E-state index contributed by atoms with van der Waals surface area (Å²) in [5.74, 6) is -1.84. The Morgan fingerprint density at radius 2 is 1.81 bits per heavy atom. The standard InChI is InChI=1S/C27H27BrN2O6/c1-4-29(5-2)12-13-30-24(17-6-9-20(10-7-17)35-16(3)31)23(26(33)27(30)34)25(32)22-15-18-14-19(28)8-11-21(18)36-22/h6-11,14-15,24,33H,4-5,12-13H2,1-3H3. The van der Waals surface area contributed by atoms with Crippen molar-refractivity contribution in [1.82, 2.24) is 9.80 Å². The van der Waals surface area contributed by atoms with Crippen LogP contribution in [0.3, 0.4) is 0 Å². The third kappa shape index (κ3) is 5.08. The molecule has 0 fully saturated rings. The molecule has 2 aromatic carbocycles. The monoisotopic (exact) mass is 554 g/mol. The number of carbonyl (C=O) groups excluding carboxylic acids is 3. The van der Waals surface area contributed by atoms with Crippen molar-refractivity contribution >= 4 is 44.6 Å². The molecule has 4 rings (SSSR count). The van der Waals surface area contributed by atoms with Gasteiger partial charge in [-0.15, -0.1) is 0 Å². The van der Waals surface area contributed by atoms with Crippen LogP contribution in [-0.2, 0) is 9.59 Å². The van der Waals surface area contributed by atoms with Crippen LogP contribution in [0.2, 0.25) is 0 Å². The summed E-state index contributed by atoms with van der Waals surface area (Å²) in [4.78, 5) is 41.8. The van der Waals surface area contributed by atoms with Crippen molar-refractivity contribution in [3.8, 4) is 5.75 Å². The van der Waals surface area contributed by atoms with E-state index in [1.807, 2.05) is 19.9 Å². The Hall–Kier alpha value is -3.43. The lowest BCUT2D eigenvalue weighted by molar-refractivity contribution is -0.132. The highest BCUT2D eigenvalue weighted by molar-refractivity contribution is 9.10. The normalized spacial score (nSPS) is 15.9. The first kappa shape index (κ1) is 25.7. The zero-order valence-electron chi connectivity index (χ0n) is 20.3. The fraction of sp³-hybridized carbons (Fsp3) is 0.296. The minimum Gasteiger partial charge on any atom is -0.503 e. The molecule has 0 saturated heterocycles. The van der Waals surface area contributed by atoms with E-state index < -0.39 is 29.5 Å². The highest BCUT2D eigenvalue weighted by atomic mass is 79.9. The maximum atomic E-state index is 13.7. The van der Waals surface area contributed by atoms with E-state index in [2.05, 4.69) is 20.8 Å². The lowest BCUT2D eigenvalue weighted by atomic mass is 9.95. The number of esters is 1. The summed E-state index contributed by atoms with van der Waals surface area (Å²) in [7, 11) is 0. The molecular weight excluding hydrogens is 528 g/mol. The fourth-order valence-corrected chi connectivity index (χ4v) is 4.77. The summed E-state index contributed by atoms with van der Waals surface area (Å²) in [6.07, 6.45) is 0. The van der Waals surface area contributed by atoms with Crippen LogP contribution < -0.4 is 4.74 Å². The average Bonchev–Trinajstić information content (AvgIpc) is 3.38. The highest BCUT2D eigenvalue weighted by Gasteiger charge is 2.44. The van der Waals surface area contributed by atoms with Gasteiger partial charge in [-0.05, 0) is 55.1 Å². The molecule has 188 valence electrons. The van der Waals surface area contributed by atoms with Gasteiger partial charge in [-0.25, -0.2) is 0 Å². The number of hydrogen-bond donors (Lipinski definition) is 1. The van der Waals surface area contributed by atoms with E-state index in [4.69, 9.17) is 9.15 Å². The van der Waals surface area contributed by atoms with Crippen molar-refractivity contribution in [2.24, 2.45) is 0 Å². The summed E-state index contributed by atoms with van der Waals surface area (Å²) in [5, 5.41) is 11.6. The number of carbonyl (C=O) groups is 3. The molecule has 1 atom stereocenters. The molecule has 1 aliphatic heterocycles. The third-order valence-corrected chi connectivity index (χ3v) is 6.75. The maximum Gasteiger partial charge on any atom is 0.308 e. The number of furan rings is 1. The molecule has 9 heteroatoms. The topological polar surface area (TPSA) is 100 Å². The number of Topliss-reactive ketones (excluding diaryl/α,β-unsaturated/α-hetero) is 1. The Kier molecular flexibility index (Phi) is 7.61. The minimum atomic E-state index is -0.827. The zero-order valence-corrected chi connectivity index (χ0v) is 21.9. The van der Waals surface area contributed by atoms with Crippen molar-refractivity contribution < 1.29 is 28.6 Å². The van der Waals surface area contributed by atoms with Crippen LogP contribution in [0.1, 0.15) is 42.9 Å². The number of aliphatic hydroxyl groups is 1. The van der Waals surface area contributed by atoms with Gasteiger partial charge < -0.3 is 24.1 Å². The molecule has 1 aliphatic rings. The Bertz CT molecular complexity index is 1340. The molecule has 3 aromatic rings. The second kappa shape index (κ2) is 10.7. The predicted octanol–water partition coefficient (Wildman–Crippen LogP) is 5.04. The van der Waals surface area contributed by atoms with E-state index in [0.717, 1.165) is 22.9 Å². The van der Waals surface area contributed by atoms with E-state index in [1.54, 1.807) is 42.5 Å². The number of benzene rings is 2. The van der Waals surface area contributed by atoms with Gasteiger partial charge in [0.1, 0.15) is 11.3 Å². The fourth-order valence-electron chi connectivity index (χ4n) is 4.39. The maximum absolute atomic E-state index is 13.7. The lowest BCUT2D eigenvalue weighted by Gasteiger charge is -2.29. The van der Waals surface area contributed by atoms with Crippen LogP contribution in [0.5, 0.6) is 5.75 Å². The van der Waals surface area contributed by atoms with E-state index in [1.165, 1.54) is 11.8 Å². The van der Waals surface area contributed by atoms with Crippen LogP contribution in [0.15, 0.2) is 68.8 Å². The molecule has 1 amide bonds. The Morgan fingerprint density at radius 3 is 2.44 bits per heavy atom. The number of ether oxygens (including phenoxy) is 1. The molecule has 0 saturated carbocycles. The molecule has 2 heterocycles. The van der Waals surface area contributed by atoms with Gasteiger partial charge in [0.25, 0.3) is 5.91 Å². The molecule has 8 nitrogen and oxygen atoms in total. The van der Waals surface area contributed by atoms with Crippen LogP contribution in [0.4, 0.5) is 0 Å². The van der Waals surface area contributed by atoms with Crippen molar-refractivity contribution in [3.05, 3.63) is 75.7 Å². The van der Waals surface area contributed by atoms with Crippen molar-refractivity contribution in [3.63, 3.8) is 0 Å². The van der Waals surface area contributed by atoms with Crippen molar-refractivity contribution in [1.29, 1.82) is 0 Å². The summed E-state index contributed by atoms with van der Waals surface area (Å²) in [6, 6.07) is 12.7. The number of nitrogens with zero attached hydrogens (tertiary/aromatic N) is 2. The summed E-state index contributed by atoms with van der Waals surface area (Å²) < 4.78 is 11.7. The number of amides is 1. The zero-order chi connectivity index (χ0) is 26.0. The molecule has 0 spiro atoms. The van der Waals surface area contributed by atoms with Gasteiger partial charge in [0, 0.05) is 29.9 Å². The van der Waals surface area contributed by atoms with Crippen LogP contribution >= 0.6 is 15.9 Å². The van der Waals surface area contributed by atoms with Crippen molar-refractivity contribution in [2.45, 2.75) is 26.8 Å². The smallest absolute Gasteiger partial charge is 0.308 e. The van der Waals surface area contributed by atoms with Gasteiger partial charge >= 0.3 is 5.97 Å². The number of likely N-dealkylation sites (N-methyl/N-ethyl adjacent to an activating group) is 1. The van der Waals surface area contributed by atoms with Crippen LogP contribution in [-0.4, -0.2) is 58.7 Å². The van der Waals surface area contributed by atoms with Crippen LogP contribution in [0.25, 0.3) is 11.0 Å². The summed E-state index contributed by atoms with van der Waals surface area (Å²) >= 11 is 3.41. The Labute approximate surface area is 217 Å². The van der Waals surface area contributed by atoms with E-state index >= 15 is 0 Å². The number of rotatable bonds is 9. The van der Waals surface area contributed by atoms with E-state index in [9.17, 15) is 19.5 Å². The molecule has 1 aromatic heterocycles. The SMILES string of the molecule is CCN(CC)CCN1C(=O)C(O)=C(C(=O)c2cc3cc(Br)ccc3o2)C1c1ccc(OC(C)=O)cc1. The third-order valence-electron chi connectivity index (χ3n) is 6.26. The van der Waals surface area contributed by atoms with Gasteiger partial charge in [0.2, 0.25) is 5.78 Å². The highest BCUT2D eigenvalue weighted by Crippen LogP contribution is 2.40. The van der Waals surface area contributed by atoms with Gasteiger partial charge in [0.05, 0.1) is 11.6 Å². The summed E-state index contributed by atoms with van der Waals surface area (Å²) in [5.41, 5.74) is 1.08. The molecule has 1 unspecified atom stereocenters. The quantitative estimate of drug-likeness (QED) is 0.224. The minimum absolute atomic E-state index is 0.0320. The molecule has 0 radical (unpaired) electrons. The Morgan fingerprint density at radius 1 is 1.11 bits per heavy atom. The predicted molar refractivity (Wildman–Crippen MR) is 138 cm³/mol. The molecular formula is C27H27BrN2O6. The average molecular weight is 555 g/mol. The first-order valence-electron chi connectivity index (χ1n) is 11.7. The number of hydrogen-bond acceptors (Lipinski definition) is 7. The second-order valence-electron chi connectivity index (χ2n) is 8.47. The van der Waals surface area contributed by atoms with Crippen LogP contribution in [0, 0.1) is 0 Å². The van der Waals surface area contributed by atoms with Gasteiger partial charge in [0.15, 0.2) is 11.5 Å². The molecule has 0 bridgehead atoms. The number of aliphatic hydroxyl groups excluding tert-OH is 1. The van der Waals surface area contributed by atoms with Gasteiger partial charge in [-0.1, -0.05) is 41.9 Å². The summed E-state index contributed by atoms with van der Waals surface area (Å²) in [6.45, 7) is 7.87. The number of halogens is 1. The van der Waals surface area contributed by atoms with Gasteiger partial charge in [-0.2, -0.15) is 0 Å². The van der Waals surface area contributed by atoms with E-state index in [0.29, 0.717) is 30.0 Å². The molecule has 1 N–H and O–H groups in total. The molecule has 36 heavy (non-hydrogen) atoms. The largest absolute Gasteiger partial charge is 0.503 e. The number of fused-ring (bicyclic) bond motifs is 1. The van der Waals surface area contributed by atoms with Gasteiger partial charge in [-0.3, -0.25) is 14.4 Å². The Balaban J connectivity index is 1.74. The number of ketones is 1. The second-order valence-corrected chi connectivity index (χ2v) is 9.39. The van der Waals surface area contributed by atoms with E-state index in [-0.39, 0.29) is 11.3 Å². The first-order valence-corrected chi connectivity index (χ1v) is 12.5. The molecule has 0 aliphatic carbocycles.